The van der Waals surface area contributed by atoms with Crippen LogP contribution >= 0.6 is 0 Å². The van der Waals surface area contributed by atoms with Crippen LogP contribution in [-0.4, -0.2) is 0 Å². The van der Waals surface area contributed by atoms with Crippen LogP contribution in [0.4, 0.5) is 0 Å². The van der Waals surface area contributed by atoms with Crippen LogP contribution in [0.5, 0.6) is 0 Å². The number of fused-ring (bicyclic) bond motifs is 13. The lowest BCUT2D eigenvalue weighted by molar-refractivity contribution is 0.668. The number of rotatable bonds is 7. The predicted octanol–water partition coefficient (Wildman–Crippen LogP) is 26.9. The third-order valence-corrected chi connectivity index (χ3v) is 19.2. The van der Waals surface area contributed by atoms with Crippen LogP contribution in [0.15, 0.2) is 360 Å². The van der Waals surface area contributed by atoms with Gasteiger partial charge in [-0.15, -0.1) is 0 Å². The molecule has 2 aromatic heterocycles. The number of benzene rings is 18. The summed E-state index contributed by atoms with van der Waals surface area (Å²) in [4.78, 5) is 0. The molecule has 20 aromatic rings. The van der Waals surface area contributed by atoms with Crippen molar-refractivity contribution in [3.63, 3.8) is 0 Å². The molecule has 0 fully saturated rings. The Kier molecular flexibility index (Phi) is 10.7. The van der Waals surface area contributed by atoms with Gasteiger partial charge in [0.2, 0.25) is 0 Å². The maximum absolute atomic E-state index is 9.02. The second-order valence-electron chi connectivity index (χ2n) is 24.5. The van der Waals surface area contributed by atoms with Crippen molar-refractivity contribution in [3.05, 3.63) is 352 Å². The van der Waals surface area contributed by atoms with Crippen LogP contribution in [0.1, 0.15) is 13.7 Å². The van der Waals surface area contributed by atoms with Gasteiger partial charge in [-0.3, -0.25) is 0 Å². The van der Waals surface area contributed by atoms with E-state index in [0.717, 1.165) is 170 Å². The van der Waals surface area contributed by atoms with E-state index in [1.54, 1.807) is 0 Å². The molecular weight excluding hydrogens is 1160 g/mol. The molecule has 0 aliphatic carbocycles. The minimum Gasteiger partial charge on any atom is -0.456 e. The van der Waals surface area contributed by atoms with Gasteiger partial charge in [-0.1, -0.05) is 291 Å². The molecule has 0 radical (unpaired) electrons. The van der Waals surface area contributed by atoms with Gasteiger partial charge in [0.1, 0.15) is 22.3 Å². The van der Waals surface area contributed by atoms with Crippen LogP contribution in [0.2, 0.25) is 0 Å². The van der Waals surface area contributed by atoms with Crippen LogP contribution in [0.25, 0.3) is 197 Å². The second-order valence-corrected chi connectivity index (χ2v) is 24.5. The number of para-hydroxylation sites is 2. The van der Waals surface area contributed by atoms with Crippen LogP contribution < -0.4 is 0 Å². The SMILES string of the molecule is [2H]c1c([2H])c([2H])c(-c2c3ccccc3c(-c3cc(-c4ccc5oc6ccccc6c5c4)cc4ccccc34)c3ccccc23)c([2H])c1[2H].[2H]c1c([2H])c([2H])c(-c2c3ccccc3c(-c3cc(-c4ccc5oc6ccccc6c5c4-c4ccc5ccccc5c4)cc4ccccc34)c3ccccc23)c([2H])c1[2H]. The fraction of sp³-hybridized carbons (Fsp3) is 0. The second kappa shape index (κ2) is 22.6. The molecule has 2 heterocycles. The smallest absolute Gasteiger partial charge is 0.136 e. The highest BCUT2D eigenvalue weighted by Crippen LogP contribution is 2.51. The molecule has 0 aliphatic heterocycles. The van der Waals surface area contributed by atoms with E-state index in [2.05, 4.69) is 182 Å². The maximum atomic E-state index is 9.02. The van der Waals surface area contributed by atoms with E-state index >= 15 is 0 Å². The zero-order valence-electron chi connectivity index (χ0n) is 61.5. The summed E-state index contributed by atoms with van der Waals surface area (Å²) < 4.78 is 99.0. The van der Waals surface area contributed by atoms with Crippen LogP contribution in [0, 0.1) is 0 Å². The molecule has 0 saturated carbocycles. The quantitative estimate of drug-likeness (QED) is 0.149. The zero-order valence-corrected chi connectivity index (χ0v) is 51.5. The van der Waals surface area contributed by atoms with Gasteiger partial charge in [0.25, 0.3) is 0 Å². The third-order valence-electron chi connectivity index (χ3n) is 19.2. The van der Waals surface area contributed by atoms with Gasteiger partial charge in [-0.2, -0.15) is 0 Å². The molecule has 0 unspecified atom stereocenters. The first-order chi connectivity index (χ1) is 51.8. The molecule has 0 bridgehead atoms. The number of hydrogen-bond acceptors (Lipinski definition) is 2. The van der Waals surface area contributed by atoms with Crippen LogP contribution in [0.3, 0.4) is 0 Å². The van der Waals surface area contributed by atoms with E-state index in [1.807, 2.05) is 109 Å². The molecule has 96 heavy (non-hydrogen) atoms. The average Bonchev–Trinajstić information content (AvgIpc) is 0.848. The van der Waals surface area contributed by atoms with Crippen molar-refractivity contribution in [2.24, 2.45) is 0 Å². The van der Waals surface area contributed by atoms with Gasteiger partial charge in [-0.05, 0) is 208 Å². The molecule has 2 heteroatoms. The van der Waals surface area contributed by atoms with Gasteiger partial charge in [0.15, 0.2) is 0 Å². The minimum absolute atomic E-state index is 0.198. The molecule has 0 aliphatic rings. The van der Waals surface area contributed by atoms with Crippen molar-refractivity contribution < 1.29 is 22.5 Å². The van der Waals surface area contributed by atoms with Gasteiger partial charge in [-0.25, -0.2) is 0 Å². The fourth-order valence-electron chi connectivity index (χ4n) is 15.1. The Bertz CT molecular complexity index is 7000. The van der Waals surface area contributed by atoms with Crippen molar-refractivity contribution in [2.75, 3.05) is 0 Å². The topological polar surface area (TPSA) is 26.3 Å². The maximum Gasteiger partial charge on any atom is 0.136 e. The summed E-state index contributed by atoms with van der Waals surface area (Å²) in [5.41, 5.74) is 15.7. The Balaban J connectivity index is 0.000000148. The summed E-state index contributed by atoms with van der Waals surface area (Å²) >= 11 is 0. The molecule has 0 N–H and O–H groups in total. The summed E-state index contributed by atoms with van der Waals surface area (Å²) in [5, 5.41) is 18.0. The highest BCUT2D eigenvalue weighted by molar-refractivity contribution is 6.26. The number of furan rings is 2. The first-order valence-electron chi connectivity index (χ1n) is 37.2. The zero-order chi connectivity index (χ0) is 71.9. The van der Waals surface area contributed by atoms with E-state index in [1.165, 1.54) is 5.39 Å². The van der Waals surface area contributed by atoms with Crippen molar-refractivity contribution >= 4 is 119 Å². The summed E-state index contributed by atoms with van der Waals surface area (Å²) in [6.45, 7) is 0. The molecule has 446 valence electrons. The monoisotopic (exact) mass is 1230 g/mol. The van der Waals surface area contributed by atoms with E-state index in [-0.39, 0.29) is 59.5 Å². The third kappa shape index (κ3) is 9.02. The van der Waals surface area contributed by atoms with E-state index < -0.39 is 12.1 Å². The van der Waals surface area contributed by atoms with E-state index in [4.69, 9.17) is 22.5 Å². The van der Waals surface area contributed by atoms with Gasteiger partial charge < -0.3 is 8.83 Å². The molecule has 0 atom stereocenters. The molecule has 20 rings (SSSR count). The molecule has 0 spiro atoms. The summed E-state index contributed by atoms with van der Waals surface area (Å²) in [6, 6.07) is 97.1. The minimum atomic E-state index is -0.406. The summed E-state index contributed by atoms with van der Waals surface area (Å²) in [5.74, 6) is 0. The normalized spacial score (nSPS) is 13.2. The van der Waals surface area contributed by atoms with Crippen molar-refractivity contribution in [3.8, 4) is 77.9 Å². The van der Waals surface area contributed by atoms with Gasteiger partial charge in [0.05, 0.1) is 13.7 Å². The molecule has 0 saturated heterocycles. The Labute approximate surface area is 568 Å². The lowest BCUT2D eigenvalue weighted by Crippen LogP contribution is -1.93. The Hall–Kier alpha value is -12.6. The van der Waals surface area contributed by atoms with Gasteiger partial charge >= 0.3 is 0 Å². The predicted molar refractivity (Wildman–Crippen MR) is 408 cm³/mol. The Morgan fingerprint density at radius 3 is 1.10 bits per heavy atom. The fourth-order valence-corrected chi connectivity index (χ4v) is 15.1. The first-order valence-corrected chi connectivity index (χ1v) is 32.2. The standard InChI is InChI=1S/C52H32O.C42H26O/c1-2-15-34(16-3-1)49-41-20-8-10-22-43(41)51(44-23-11-9-21-42(44)49)46-32-38(31-36-18-6-7-19-39(36)46)40-28-29-48-52(45-24-12-13-25-47(45)53-48)50(40)37-27-26-33-14-4-5-17-35(33)30-37;1-2-12-27(13-3-1)41-33-17-6-8-19-35(33)42(36-20-9-7-18-34(36)41)38-26-30(24-29-14-4-5-15-31(29)38)28-22-23-40-37(25-28)32-16-10-11-21-39(32)43-40/h1-32H;1-26H/i1D,2D,3D,15D,16D;1D,2D,3D,12D,13D. The Morgan fingerprint density at radius 1 is 0.188 bits per heavy atom. The summed E-state index contributed by atoms with van der Waals surface area (Å²) in [6.07, 6.45) is 0. The highest BCUT2D eigenvalue weighted by Gasteiger charge is 2.24. The lowest BCUT2D eigenvalue weighted by atomic mass is 9.83. The van der Waals surface area contributed by atoms with E-state index in [9.17, 15) is 0 Å². The number of hydrogen-bond donors (Lipinski definition) is 0. The molecular formula is C94H58O2. The molecule has 2 nitrogen and oxygen atoms in total. The summed E-state index contributed by atoms with van der Waals surface area (Å²) in [7, 11) is 0. The average molecular weight is 1230 g/mol. The Morgan fingerprint density at radius 2 is 0.562 bits per heavy atom. The lowest BCUT2D eigenvalue weighted by Gasteiger charge is -2.20. The molecule has 18 aromatic carbocycles. The van der Waals surface area contributed by atoms with Gasteiger partial charge in [0, 0.05) is 27.1 Å². The largest absolute Gasteiger partial charge is 0.456 e. The first kappa shape index (κ1) is 45.6. The highest BCUT2D eigenvalue weighted by atomic mass is 16.3. The van der Waals surface area contributed by atoms with Crippen molar-refractivity contribution in [1.29, 1.82) is 0 Å². The van der Waals surface area contributed by atoms with Crippen molar-refractivity contribution in [2.45, 2.75) is 0 Å². The van der Waals surface area contributed by atoms with E-state index in [0.29, 0.717) is 11.1 Å². The van der Waals surface area contributed by atoms with Crippen LogP contribution in [-0.2, 0) is 0 Å². The van der Waals surface area contributed by atoms with Crippen molar-refractivity contribution in [1.82, 2.24) is 0 Å². The molecule has 0 amide bonds.